The first-order chi connectivity index (χ1) is 11.6. The molecule has 4 heteroatoms. The molecule has 0 saturated heterocycles. The van der Waals surface area contributed by atoms with Crippen LogP contribution in [-0.2, 0) is 19.1 Å². The van der Waals surface area contributed by atoms with Gasteiger partial charge in [0.15, 0.2) is 5.41 Å². The fourth-order valence-electron chi connectivity index (χ4n) is 4.86. The fourth-order valence-corrected chi connectivity index (χ4v) is 4.86. The van der Waals surface area contributed by atoms with Crippen LogP contribution >= 0.6 is 0 Å². The number of hydrogen-bond donors (Lipinski definition) is 0. The Kier molecular flexibility index (Phi) is 4.01. The van der Waals surface area contributed by atoms with Crippen LogP contribution in [0.15, 0.2) is 34.9 Å². The van der Waals surface area contributed by atoms with E-state index >= 15 is 0 Å². The number of rotatable bonds is 3. The van der Waals surface area contributed by atoms with Crippen molar-refractivity contribution < 1.29 is 19.1 Å². The fraction of sp³-hybridized carbons (Fsp3) is 0.619. The van der Waals surface area contributed by atoms with Gasteiger partial charge in [0.1, 0.15) is 0 Å². The van der Waals surface area contributed by atoms with E-state index in [0.29, 0.717) is 12.8 Å². The topological polar surface area (TPSA) is 52.6 Å². The van der Waals surface area contributed by atoms with Gasteiger partial charge < -0.3 is 9.47 Å². The minimum absolute atomic E-state index is 0.0809. The highest BCUT2D eigenvalue weighted by molar-refractivity contribution is 6.01. The third kappa shape index (κ3) is 2.49. The second-order valence-corrected chi connectivity index (χ2v) is 8.70. The molecule has 1 saturated carbocycles. The molecule has 1 fully saturated rings. The normalized spacial score (nSPS) is 23.4. The minimum atomic E-state index is -1.24. The molecule has 3 rings (SSSR count). The summed E-state index contributed by atoms with van der Waals surface area (Å²) in [4.78, 5) is 25.2. The summed E-state index contributed by atoms with van der Waals surface area (Å²) in [5.41, 5.74) is 3.78. The van der Waals surface area contributed by atoms with Gasteiger partial charge in [-0.2, -0.15) is 0 Å². The van der Waals surface area contributed by atoms with Crippen molar-refractivity contribution in [2.45, 2.75) is 52.9 Å². The Morgan fingerprint density at radius 2 is 1.60 bits per heavy atom. The highest BCUT2D eigenvalue weighted by atomic mass is 16.5. The number of esters is 2. The zero-order valence-electron chi connectivity index (χ0n) is 16.0. The Bertz CT molecular complexity index is 695. The van der Waals surface area contributed by atoms with Gasteiger partial charge >= 0.3 is 11.9 Å². The van der Waals surface area contributed by atoms with Crippen LogP contribution in [0.4, 0.5) is 0 Å². The lowest BCUT2D eigenvalue weighted by atomic mass is 9.69. The van der Waals surface area contributed by atoms with Crippen LogP contribution in [0.5, 0.6) is 0 Å². The van der Waals surface area contributed by atoms with Crippen LogP contribution in [0.25, 0.3) is 0 Å². The molecule has 3 aliphatic rings. The van der Waals surface area contributed by atoms with E-state index < -0.39 is 17.4 Å². The molecule has 0 radical (unpaired) electrons. The molecule has 3 aliphatic carbocycles. The van der Waals surface area contributed by atoms with Gasteiger partial charge in [0.2, 0.25) is 0 Å². The third-order valence-corrected chi connectivity index (χ3v) is 6.07. The Morgan fingerprint density at radius 1 is 1.04 bits per heavy atom. The van der Waals surface area contributed by atoms with Crippen molar-refractivity contribution in [3.8, 4) is 0 Å². The molecule has 0 bridgehead atoms. The van der Waals surface area contributed by atoms with Gasteiger partial charge in [-0.05, 0) is 59.7 Å². The average Bonchev–Trinajstić information content (AvgIpc) is 3.21. The first-order valence-corrected chi connectivity index (χ1v) is 8.91. The number of ether oxygens (including phenoxy) is 2. The van der Waals surface area contributed by atoms with E-state index in [-0.39, 0.29) is 10.8 Å². The molecule has 25 heavy (non-hydrogen) atoms. The first kappa shape index (κ1) is 18.0. The van der Waals surface area contributed by atoms with Gasteiger partial charge in [-0.25, -0.2) is 0 Å². The van der Waals surface area contributed by atoms with Gasteiger partial charge in [-0.1, -0.05) is 39.0 Å². The zero-order valence-corrected chi connectivity index (χ0v) is 16.0. The summed E-state index contributed by atoms with van der Waals surface area (Å²) in [6, 6.07) is 0. The van der Waals surface area contributed by atoms with Crippen molar-refractivity contribution in [3.63, 3.8) is 0 Å². The van der Waals surface area contributed by atoms with Gasteiger partial charge in [0, 0.05) is 0 Å². The summed E-state index contributed by atoms with van der Waals surface area (Å²) in [7, 11) is 2.67. The maximum Gasteiger partial charge on any atom is 0.323 e. The van der Waals surface area contributed by atoms with Gasteiger partial charge in [-0.3, -0.25) is 9.59 Å². The van der Waals surface area contributed by atoms with Gasteiger partial charge in [0.05, 0.1) is 14.2 Å². The lowest BCUT2D eigenvalue weighted by Gasteiger charge is -2.36. The summed E-state index contributed by atoms with van der Waals surface area (Å²) in [6.07, 6.45) is 5.98. The van der Waals surface area contributed by atoms with E-state index in [0.717, 1.165) is 24.8 Å². The van der Waals surface area contributed by atoms with Crippen LogP contribution in [0.1, 0.15) is 52.9 Å². The molecule has 0 heterocycles. The molecule has 1 spiro atoms. The van der Waals surface area contributed by atoms with Crippen LogP contribution in [-0.4, -0.2) is 26.2 Å². The molecule has 0 N–H and O–H groups in total. The maximum absolute atomic E-state index is 12.6. The number of methoxy groups -OCH3 is 2. The minimum Gasteiger partial charge on any atom is -0.468 e. The molecule has 0 aromatic rings. The second-order valence-electron chi connectivity index (χ2n) is 8.70. The monoisotopic (exact) mass is 344 g/mol. The third-order valence-electron chi connectivity index (χ3n) is 6.07. The number of allylic oxidation sites excluding steroid dienone is 5. The standard InChI is InChI=1S/C21H28O4/c1-7-15-16(19(2,3)4)14-12-21(17(22)24-5,18(23)25-6)11-13(14)10-20(15)8-9-20/h7H,1,8-12H2,2-6H3. The predicted molar refractivity (Wildman–Crippen MR) is 95.7 cm³/mol. The van der Waals surface area contributed by atoms with E-state index in [9.17, 15) is 9.59 Å². The Morgan fingerprint density at radius 3 is 2.00 bits per heavy atom. The summed E-state index contributed by atoms with van der Waals surface area (Å²) < 4.78 is 10.0. The molecule has 0 atom stereocenters. The zero-order chi connectivity index (χ0) is 18.6. The van der Waals surface area contributed by atoms with E-state index in [2.05, 4.69) is 27.4 Å². The lowest BCUT2D eigenvalue weighted by Crippen LogP contribution is -2.39. The van der Waals surface area contributed by atoms with Crippen molar-refractivity contribution >= 4 is 11.9 Å². The molecule has 0 unspecified atom stereocenters. The molecule has 0 aromatic carbocycles. The largest absolute Gasteiger partial charge is 0.468 e. The number of carbonyl (C=O) groups excluding carboxylic acids is 2. The number of carbonyl (C=O) groups is 2. The quantitative estimate of drug-likeness (QED) is 0.571. The SMILES string of the molecule is C=CC1=C(C(C)(C)C)C2=C(CC13CC3)CC(C(=O)OC)(C(=O)OC)C2. The molecule has 0 aliphatic heterocycles. The summed E-state index contributed by atoms with van der Waals surface area (Å²) in [6.45, 7) is 10.6. The lowest BCUT2D eigenvalue weighted by molar-refractivity contribution is -0.168. The summed E-state index contributed by atoms with van der Waals surface area (Å²) in [5.74, 6) is -0.987. The van der Waals surface area contributed by atoms with Crippen molar-refractivity contribution in [1.29, 1.82) is 0 Å². The van der Waals surface area contributed by atoms with E-state index in [1.54, 1.807) is 0 Å². The predicted octanol–water partition coefficient (Wildman–Crippen LogP) is 4.12. The smallest absolute Gasteiger partial charge is 0.323 e. The van der Waals surface area contributed by atoms with Crippen molar-refractivity contribution in [3.05, 3.63) is 34.9 Å². The molecule has 0 amide bonds. The van der Waals surface area contributed by atoms with E-state index in [1.807, 2.05) is 6.08 Å². The van der Waals surface area contributed by atoms with Crippen molar-refractivity contribution in [2.24, 2.45) is 16.2 Å². The molecular weight excluding hydrogens is 316 g/mol. The van der Waals surface area contributed by atoms with Gasteiger partial charge in [-0.15, -0.1) is 0 Å². The van der Waals surface area contributed by atoms with Crippen LogP contribution in [0.2, 0.25) is 0 Å². The van der Waals surface area contributed by atoms with Crippen molar-refractivity contribution in [1.82, 2.24) is 0 Å². The van der Waals surface area contributed by atoms with Crippen LogP contribution in [0.3, 0.4) is 0 Å². The highest BCUT2D eigenvalue weighted by Gasteiger charge is 2.59. The van der Waals surface area contributed by atoms with E-state index in [1.165, 1.54) is 30.9 Å². The van der Waals surface area contributed by atoms with Crippen LogP contribution < -0.4 is 0 Å². The van der Waals surface area contributed by atoms with Gasteiger partial charge in [0.25, 0.3) is 0 Å². The number of hydrogen-bond acceptors (Lipinski definition) is 4. The summed E-state index contributed by atoms with van der Waals surface area (Å²) in [5, 5.41) is 0. The molecule has 0 aromatic heterocycles. The molecule has 4 nitrogen and oxygen atoms in total. The van der Waals surface area contributed by atoms with E-state index in [4.69, 9.17) is 9.47 Å². The highest BCUT2D eigenvalue weighted by Crippen LogP contribution is 2.66. The Balaban J connectivity index is 2.13. The Hall–Kier alpha value is -1.84. The molecular formula is C21H28O4. The van der Waals surface area contributed by atoms with Crippen LogP contribution in [0, 0.1) is 16.2 Å². The van der Waals surface area contributed by atoms with Crippen molar-refractivity contribution in [2.75, 3.05) is 14.2 Å². The Labute approximate surface area is 150 Å². The second kappa shape index (κ2) is 5.58. The summed E-state index contributed by atoms with van der Waals surface area (Å²) >= 11 is 0. The first-order valence-electron chi connectivity index (χ1n) is 8.91. The average molecular weight is 344 g/mol. The molecule has 136 valence electrons. The maximum atomic E-state index is 12.6.